The number of rotatable bonds is 3. The van der Waals surface area contributed by atoms with Gasteiger partial charge in [0.05, 0.1) is 0 Å². The van der Waals surface area contributed by atoms with Crippen LogP contribution in [0.15, 0.2) is 0 Å². The average Bonchev–Trinajstić information content (AvgIpc) is 2.36. The quantitative estimate of drug-likeness (QED) is 0.803. The minimum atomic E-state index is -0.457. The predicted molar refractivity (Wildman–Crippen MR) is 87.7 cm³/mol. The van der Waals surface area contributed by atoms with E-state index in [-0.39, 0.29) is 17.5 Å². The number of hydrogen-bond acceptors (Lipinski definition) is 3. The zero-order valence-corrected chi connectivity index (χ0v) is 15.2. The molecule has 1 aliphatic heterocycles. The zero-order chi connectivity index (χ0) is 17.1. The fraction of sp³-hybridized carbons (Fsp3) is 0.882. The van der Waals surface area contributed by atoms with E-state index in [9.17, 15) is 9.59 Å². The van der Waals surface area contributed by atoms with Crippen LogP contribution in [0.1, 0.15) is 61.3 Å². The van der Waals surface area contributed by atoms with Gasteiger partial charge in [-0.25, -0.2) is 4.79 Å². The Balaban J connectivity index is 2.65. The third-order valence-corrected chi connectivity index (χ3v) is 4.54. The van der Waals surface area contributed by atoms with Gasteiger partial charge >= 0.3 is 6.09 Å². The maximum Gasteiger partial charge on any atom is 0.410 e. The van der Waals surface area contributed by atoms with E-state index in [2.05, 4.69) is 13.8 Å². The van der Waals surface area contributed by atoms with Crippen LogP contribution in [0.25, 0.3) is 0 Å². The molecule has 0 aromatic rings. The highest BCUT2D eigenvalue weighted by atomic mass is 16.6. The van der Waals surface area contributed by atoms with Crippen molar-refractivity contribution in [2.45, 2.75) is 72.4 Å². The van der Waals surface area contributed by atoms with Gasteiger partial charge in [-0.15, -0.1) is 0 Å². The lowest BCUT2D eigenvalue weighted by molar-refractivity contribution is -0.136. The van der Waals surface area contributed by atoms with Crippen molar-refractivity contribution in [3.05, 3.63) is 0 Å². The zero-order valence-electron chi connectivity index (χ0n) is 15.2. The van der Waals surface area contributed by atoms with E-state index in [0.717, 1.165) is 12.8 Å². The molecule has 1 rings (SSSR count). The van der Waals surface area contributed by atoms with Crippen LogP contribution < -0.4 is 0 Å². The van der Waals surface area contributed by atoms with Crippen LogP contribution in [0, 0.1) is 5.92 Å². The molecule has 1 saturated heterocycles. The van der Waals surface area contributed by atoms with Crippen molar-refractivity contribution in [2.75, 3.05) is 19.6 Å². The second kappa shape index (κ2) is 6.88. The summed E-state index contributed by atoms with van der Waals surface area (Å²) in [6.45, 7) is 15.6. The van der Waals surface area contributed by atoms with Crippen molar-refractivity contribution in [1.29, 1.82) is 0 Å². The number of amides is 2. The molecule has 0 bridgehead atoms. The summed E-state index contributed by atoms with van der Waals surface area (Å²) >= 11 is 0. The predicted octanol–water partition coefficient (Wildman–Crippen LogP) is 3.28. The summed E-state index contributed by atoms with van der Waals surface area (Å²) in [5.41, 5.74) is -0.637. The van der Waals surface area contributed by atoms with E-state index < -0.39 is 5.60 Å². The van der Waals surface area contributed by atoms with Gasteiger partial charge in [-0.3, -0.25) is 4.79 Å². The van der Waals surface area contributed by atoms with Crippen molar-refractivity contribution in [1.82, 2.24) is 9.80 Å². The first kappa shape index (κ1) is 18.8. The molecular formula is C17H32N2O3. The summed E-state index contributed by atoms with van der Waals surface area (Å²) in [6.07, 6.45) is 1.56. The Morgan fingerprint density at radius 3 is 2.00 bits per heavy atom. The Bertz CT molecular complexity index is 405. The Morgan fingerprint density at radius 2 is 1.64 bits per heavy atom. The van der Waals surface area contributed by atoms with Crippen LogP contribution in [0.5, 0.6) is 0 Å². The third kappa shape index (κ3) is 4.62. The van der Waals surface area contributed by atoms with Gasteiger partial charge < -0.3 is 14.5 Å². The fourth-order valence-corrected chi connectivity index (χ4v) is 3.35. The maximum atomic E-state index is 12.1. The molecule has 22 heavy (non-hydrogen) atoms. The molecule has 0 aromatic carbocycles. The van der Waals surface area contributed by atoms with Crippen LogP contribution >= 0.6 is 0 Å². The highest BCUT2D eigenvalue weighted by Gasteiger charge is 2.39. The molecule has 5 heteroatoms. The van der Waals surface area contributed by atoms with Crippen LogP contribution in [-0.2, 0) is 9.53 Å². The van der Waals surface area contributed by atoms with Gasteiger partial charge in [-0.1, -0.05) is 0 Å². The highest BCUT2D eigenvalue weighted by Crippen LogP contribution is 2.33. The van der Waals surface area contributed by atoms with E-state index in [1.807, 2.05) is 32.6 Å². The molecule has 0 spiro atoms. The van der Waals surface area contributed by atoms with Gasteiger partial charge in [-0.05, 0) is 60.3 Å². The van der Waals surface area contributed by atoms with Crippen LogP contribution in [0.3, 0.4) is 0 Å². The summed E-state index contributed by atoms with van der Waals surface area (Å²) in [5, 5.41) is 0. The Morgan fingerprint density at radius 1 is 1.14 bits per heavy atom. The average molecular weight is 312 g/mol. The summed E-state index contributed by atoms with van der Waals surface area (Å²) < 4.78 is 5.43. The molecule has 0 aromatic heterocycles. The van der Waals surface area contributed by atoms with Crippen molar-refractivity contribution >= 4 is 12.0 Å². The Hall–Kier alpha value is -1.26. The molecule has 0 unspecified atom stereocenters. The molecule has 2 amide bonds. The molecule has 0 atom stereocenters. The molecule has 5 nitrogen and oxygen atoms in total. The monoisotopic (exact) mass is 312 g/mol. The second-order valence-electron chi connectivity index (χ2n) is 7.66. The van der Waals surface area contributed by atoms with Crippen LogP contribution in [-0.4, -0.2) is 52.6 Å². The molecule has 1 fully saturated rings. The standard InChI is InChI=1S/C17H32N2O3/c1-8-19(13(2)20)17(6,7)14-9-11-18(12-10-14)15(21)22-16(3,4)5/h14H,8-12H2,1-7H3. The molecule has 1 aliphatic rings. The molecule has 128 valence electrons. The molecular weight excluding hydrogens is 280 g/mol. The van der Waals surface area contributed by atoms with Crippen molar-refractivity contribution in [2.24, 2.45) is 5.92 Å². The van der Waals surface area contributed by atoms with Crippen LogP contribution in [0.2, 0.25) is 0 Å². The minimum Gasteiger partial charge on any atom is -0.444 e. The number of nitrogens with zero attached hydrogens (tertiary/aromatic N) is 2. The summed E-state index contributed by atoms with van der Waals surface area (Å²) in [4.78, 5) is 27.7. The number of hydrogen-bond donors (Lipinski definition) is 0. The first-order valence-corrected chi connectivity index (χ1v) is 8.25. The number of carbonyl (C=O) groups is 2. The number of ether oxygens (including phenoxy) is 1. The normalized spacial score (nSPS) is 17.3. The van der Waals surface area contributed by atoms with Gasteiger partial charge in [0, 0.05) is 32.1 Å². The largest absolute Gasteiger partial charge is 0.444 e. The first-order valence-electron chi connectivity index (χ1n) is 8.25. The lowest BCUT2D eigenvalue weighted by atomic mass is 9.79. The number of carbonyl (C=O) groups excluding carboxylic acids is 2. The Kier molecular flexibility index (Phi) is 5.88. The summed E-state index contributed by atoms with van der Waals surface area (Å²) in [5.74, 6) is 0.511. The second-order valence-corrected chi connectivity index (χ2v) is 7.66. The molecule has 1 heterocycles. The van der Waals surface area contributed by atoms with Crippen molar-refractivity contribution in [3.8, 4) is 0 Å². The minimum absolute atomic E-state index is 0.113. The summed E-state index contributed by atoms with van der Waals surface area (Å²) in [6, 6.07) is 0. The number of piperidine rings is 1. The van der Waals surface area contributed by atoms with E-state index in [0.29, 0.717) is 25.6 Å². The van der Waals surface area contributed by atoms with Gasteiger partial charge in [-0.2, -0.15) is 0 Å². The smallest absolute Gasteiger partial charge is 0.410 e. The number of likely N-dealkylation sites (tertiary alicyclic amines) is 1. The third-order valence-electron chi connectivity index (χ3n) is 4.54. The molecule has 0 radical (unpaired) electrons. The first-order chi connectivity index (χ1) is 9.99. The van der Waals surface area contributed by atoms with Gasteiger partial charge in [0.2, 0.25) is 5.91 Å². The fourth-order valence-electron chi connectivity index (χ4n) is 3.35. The van der Waals surface area contributed by atoms with E-state index in [1.54, 1.807) is 11.8 Å². The van der Waals surface area contributed by atoms with Crippen molar-refractivity contribution in [3.63, 3.8) is 0 Å². The lowest BCUT2D eigenvalue weighted by Crippen LogP contribution is -2.55. The molecule has 0 saturated carbocycles. The summed E-state index contributed by atoms with van der Waals surface area (Å²) in [7, 11) is 0. The maximum absolute atomic E-state index is 12.1. The van der Waals surface area contributed by atoms with Crippen LogP contribution in [0.4, 0.5) is 4.79 Å². The van der Waals surface area contributed by atoms with Crippen molar-refractivity contribution < 1.29 is 14.3 Å². The van der Waals surface area contributed by atoms with Gasteiger partial charge in [0.1, 0.15) is 5.60 Å². The molecule has 0 N–H and O–H groups in total. The van der Waals surface area contributed by atoms with E-state index >= 15 is 0 Å². The van der Waals surface area contributed by atoms with E-state index in [1.165, 1.54) is 0 Å². The molecule has 0 aliphatic carbocycles. The SMILES string of the molecule is CCN(C(C)=O)C(C)(C)C1CCN(C(=O)OC(C)(C)C)CC1. The van der Waals surface area contributed by atoms with Gasteiger partial charge in [0.15, 0.2) is 0 Å². The Labute approximate surface area is 135 Å². The van der Waals surface area contributed by atoms with E-state index in [4.69, 9.17) is 4.74 Å². The highest BCUT2D eigenvalue weighted by molar-refractivity contribution is 5.74. The topological polar surface area (TPSA) is 49.9 Å². The lowest BCUT2D eigenvalue weighted by Gasteiger charge is -2.46. The van der Waals surface area contributed by atoms with Gasteiger partial charge in [0.25, 0.3) is 0 Å².